The van der Waals surface area contributed by atoms with Crippen molar-refractivity contribution in [2.45, 2.75) is 34.1 Å². The molecule has 0 spiro atoms. The Balaban J connectivity index is 2.25. The van der Waals surface area contributed by atoms with Gasteiger partial charge in [0.15, 0.2) is 5.78 Å². The van der Waals surface area contributed by atoms with Gasteiger partial charge in [-0.25, -0.2) is 0 Å². The predicted octanol–water partition coefficient (Wildman–Crippen LogP) is 3.14. The zero-order valence-electron chi connectivity index (χ0n) is 11.8. The van der Waals surface area contributed by atoms with Gasteiger partial charge in [0.05, 0.1) is 11.4 Å². The van der Waals surface area contributed by atoms with Crippen molar-refractivity contribution in [2.75, 3.05) is 0 Å². The summed E-state index contributed by atoms with van der Waals surface area (Å²) in [5.74, 6) is 0.0961. The minimum absolute atomic E-state index is 0.0961. The lowest BCUT2D eigenvalue weighted by atomic mass is 9.99. The third-order valence-electron chi connectivity index (χ3n) is 3.34. The van der Waals surface area contributed by atoms with Crippen LogP contribution in [0.25, 0.3) is 0 Å². The van der Waals surface area contributed by atoms with Crippen molar-refractivity contribution in [1.29, 1.82) is 0 Å². The van der Waals surface area contributed by atoms with E-state index >= 15 is 0 Å². The van der Waals surface area contributed by atoms with Crippen LogP contribution in [0, 0.1) is 27.7 Å². The van der Waals surface area contributed by atoms with Gasteiger partial charge in [0.25, 0.3) is 0 Å². The van der Waals surface area contributed by atoms with Crippen molar-refractivity contribution in [1.82, 2.24) is 10.2 Å². The van der Waals surface area contributed by atoms with E-state index in [-0.39, 0.29) is 5.78 Å². The van der Waals surface area contributed by atoms with Crippen LogP contribution >= 0.6 is 0 Å². The Morgan fingerprint density at radius 3 is 2.42 bits per heavy atom. The van der Waals surface area contributed by atoms with Gasteiger partial charge in [-0.2, -0.15) is 10.2 Å². The summed E-state index contributed by atoms with van der Waals surface area (Å²) in [6, 6.07) is 7.95. The maximum Gasteiger partial charge on any atom is 0.169 e. The second-order valence-electron chi connectivity index (χ2n) is 5.00. The Bertz CT molecular complexity index is 633. The molecule has 19 heavy (non-hydrogen) atoms. The molecule has 1 heterocycles. The highest BCUT2D eigenvalue weighted by Crippen LogP contribution is 2.14. The standard InChI is InChI=1S/C16H18N2O/c1-10-5-6-14(7-11(10)2)9-16(19)15-8-12(3)17-18-13(15)4/h5-8H,9H2,1-4H3. The maximum atomic E-state index is 12.3. The van der Waals surface area contributed by atoms with Crippen molar-refractivity contribution in [3.8, 4) is 0 Å². The number of carbonyl (C=O) groups is 1. The minimum Gasteiger partial charge on any atom is -0.294 e. The fraction of sp³-hybridized carbons (Fsp3) is 0.312. The zero-order valence-corrected chi connectivity index (χ0v) is 11.8. The lowest BCUT2D eigenvalue weighted by Gasteiger charge is -2.07. The molecular formula is C16H18N2O. The first-order valence-electron chi connectivity index (χ1n) is 6.37. The van der Waals surface area contributed by atoms with Crippen molar-refractivity contribution >= 4 is 5.78 Å². The van der Waals surface area contributed by atoms with E-state index in [1.807, 2.05) is 26.0 Å². The number of benzene rings is 1. The summed E-state index contributed by atoms with van der Waals surface area (Å²) in [6.07, 6.45) is 0.410. The van der Waals surface area contributed by atoms with Gasteiger partial charge in [0, 0.05) is 12.0 Å². The summed E-state index contributed by atoms with van der Waals surface area (Å²) in [4.78, 5) is 12.3. The molecule has 0 unspecified atom stereocenters. The first kappa shape index (κ1) is 13.4. The average Bonchev–Trinajstić information content (AvgIpc) is 2.36. The molecule has 2 aromatic rings. The number of hydrogen-bond acceptors (Lipinski definition) is 3. The van der Waals surface area contributed by atoms with Crippen LogP contribution in [0.5, 0.6) is 0 Å². The number of carbonyl (C=O) groups excluding carboxylic acids is 1. The van der Waals surface area contributed by atoms with Crippen molar-refractivity contribution in [3.05, 3.63) is 57.9 Å². The minimum atomic E-state index is 0.0961. The molecule has 0 aliphatic heterocycles. The SMILES string of the molecule is Cc1cc(C(=O)Cc2ccc(C)c(C)c2)c(C)nn1. The van der Waals surface area contributed by atoms with Gasteiger partial charge in [-0.05, 0) is 50.5 Å². The number of rotatable bonds is 3. The van der Waals surface area contributed by atoms with Gasteiger partial charge in [-0.15, -0.1) is 0 Å². The van der Waals surface area contributed by atoms with Gasteiger partial charge in [-0.1, -0.05) is 18.2 Å². The third-order valence-corrected chi connectivity index (χ3v) is 3.34. The van der Waals surface area contributed by atoms with Gasteiger partial charge < -0.3 is 0 Å². The van der Waals surface area contributed by atoms with E-state index in [1.54, 1.807) is 0 Å². The average molecular weight is 254 g/mol. The lowest BCUT2D eigenvalue weighted by Crippen LogP contribution is -2.09. The van der Waals surface area contributed by atoms with Crippen LogP contribution in [-0.4, -0.2) is 16.0 Å². The van der Waals surface area contributed by atoms with Crippen LogP contribution in [0.2, 0.25) is 0 Å². The second-order valence-corrected chi connectivity index (χ2v) is 5.00. The highest BCUT2D eigenvalue weighted by molar-refractivity contribution is 5.98. The summed E-state index contributed by atoms with van der Waals surface area (Å²) < 4.78 is 0. The number of aromatic nitrogens is 2. The van der Waals surface area contributed by atoms with Crippen LogP contribution in [0.15, 0.2) is 24.3 Å². The molecule has 0 N–H and O–H groups in total. The predicted molar refractivity (Wildman–Crippen MR) is 75.5 cm³/mol. The van der Waals surface area contributed by atoms with Crippen molar-refractivity contribution in [3.63, 3.8) is 0 Å². The summed E-state index contributed by atoms with van der Waals surface area (Å²) >= 11 is 0. The molecule has 0 fully saturated rings. The molecule has 0 atom stereocenters. The quantitative estimate of drug-likeness (QED) is 0.790. The van der Waals surface area contributed by atoms with Crippen LogP contribution in [0.3, 0.4) is 0 Å². The van der Waals surface area contributed by atoms with Crippen LogP contribution in [0.4, 0.5) is 0 Å². The van der Waals surface area contributed by atoms with E-state index in [0.717, 1.165) is 11.3 Å². The molecule has 0 aliphatic carbocycles. The number of Topliss-reactive ketones (excluding diaryl/α,β-unsaturated/α-hetero) is 1. The van der Waals surface area contributed by atoms with E-state index in [1.165, 1.54) is 11.1 Å². The molecule has 2 rings (SSSR count). The smallest absolute Gasteiger partial charge is 0.169 e. The Kier molecular flexibility index (Phi) is 3.74. The second kappa shape index (κ2) is 5.31. The summed E-state index contributed by atoms with van der Waals surface area (Å²) in [6.45, 7) is 7.80. The molecule has 1 aromatic heterocycles. The highest BCUT2D eigenvalue weighted by Gasteiger charge is 2.12. The van der Waals surface area contributed by atoms with E-state index in [0.29, 0.717) is 17.7 Å². The first-order valence-corrected chi connectivity index (χ1v) is 6.37. The molecule has 0 radical (unpaired) electrons. The summed E-state index contributed by atoms with van der Waals surface area (Å²) in [5.41, 5.74) is 5.64. The topological polar surface area (TPSA) is 42.9 Å². The zero-order chi connectivity index (χ0) is 14.0. The molecule has 0 bridgehead atoms. The normalized spacial score (nSPS) is 10.5. The monoisotopic (exact) mass is 254 g/mol. The van der Waals surface area contributed by atoms with Gasteiger partial charge in [-0.3, -0.25) is 4.79 Å². The molecule has 3 heteroatoms. The Labute approximate surface area is 113 Å². The molecule has 3 nitrogen and oxygen atoms in total. The molecule has 0 amide bonds. The molecular weight excluding hydrogens is 236 g/mol. The molecule has 0 saturated heterocycles. The highest BCUT2D eigenvalue weighted by atomic mass is 16.1. The van der Waals surface area contributed by atoms with Crippen molar-refractivity contribution < 1.29 is 4.79 Å². The number of hydrogen-bond donors (Lipinski definition) is 0. The summed E-state index contributed by atoms with van der Waals surface area (Å²) in [7, 11) is 0. The van der Waals surface area contributed by atoms with E-state index in [9.17, 15) is 4.79 Å². The molecule has 0 saturated carbocycles. The largest absolute Gasteiger partial charge is 0.294 e. The van der Waals surface area contributed by atoms with Gasteiger partial charge in [0.2, 0.25) is 0 Å². The number of aryl methyl sites for hydroxylation is 4. The maximum absolute atomic E-state index is 12.3. The Hall–Kier alpha value is -2.03. The van der Waals surface area contributed by atoms with Crippen LogP contribution in [0.1, 0.15) is 38.4 Å². The van der Waals surface area contributed by atoms with Crippen LogP contribution in [-0.2, 0) is 6.42 Å². The summed E-state index contributed by atoms with van der Waals surface area (Å²) in [5, 5.41) is 7.95. The Morgan fingerprint density at radius 2 is 1.74 bits per heavy atom. The molecule has 1 aromatic carbocycles. The van der Waals surface area contributed by atoms with Crippen LogP contribution < -0.4 is 0 Å². The lowest BCUT2D eigenvalue weighted by molar-refractivity contribution is 0.0991. The van der Waals surface area contributed by atoms with Gasteiger partial charge in [0.1, 0.15) is 0 Å². The Morgan fingerprint density at radius 1 is 1.00 bits per heavy atom. The fourth-order valence-corrected chi connectivity index (χ4v) is 2.03. The number of ketones is 1. The molecule has 98 valence electrons. The number of nitrogens with zero attached hydrogens (tertiary/aromatic N) is 2. The van der Waals surface area contributed by atoms with Crippen molar-refractivity contribution in [2.24, 2.45) is 0 Å². The molecule has 0 aliphatic rings. The third kappa shape index (κ3) is 3.05. The van der Waals surface area contributed by atoms with E-state index < -0.39 is 0 Å². The fourth-order valence-electron chi connectivity index (χ4n) is 2.03. The van der Waals surface area contributed by atoms with Gasteiger partial charge >= 0.3 is 0 Å². The first-order chi connectivity index (χ1) is 8.97. The van der Waals surface area contributed by atoms with E-state index in [4.69, 9.17) is 0 Å². The van der Waals surface area contributed by atoms with E-state index in [2.05, 4.69) is 36.2 Å².